The van der Waals surface area contributed by atoms with Crippen LogP contribution < -0.4 is 0 Å². The van der Waals surface area contributed by atoms with E-state index in [2.05, 4.69) is 22.1 Å². The first kappa shape index (κ1) is 8.45. The van der Waals surface area contributed by atoms with Gasteiger partial charge in [0.25, 0.3) is 0 Å². The quantitative estimate of drug-likeness (QED) is 0.779. The Labute approximate surface area is 84.3 Å². The minimum atomic E-state index is 0.703. The van der Waals surface area contributed by atoms with Crippen molar-refractivity contribution >= 4 is 0 Å². The summed E-state index contributed by atoms with van der Waals surface area (Å²) in [7, 11) is 0. The summed E-state index contributed by atoms with van der Waals surface area (Å²) in [6.45, 7) is 2.12. The fraction of sp³-hybridized carbons (Fsp3) is 0.818. The molecule has 0 bridgehead atoms. The second kappa shape index (κ2) is 3.07. The number of aryl methyl sites for hydroxylation is 1. The molecule has 2 saturated carbocycles. The zero-order valence-electron chi connectivity index (χ0n) is 8.66. The number of hydrogen-bond acceptors (Lipinski definition) is 2. The van der Waals surface area contributed by atoms with Gasteiger partial charge < -0.3 is 0 Å². The number of aromatic amines is 1. The zero-order valence-corrected chi connectivity index (χ0v) is 8.66. The van der Waals surface area contributed by atoms with E-state index in [0.717, 1.165) is 29.9 Å². The minimum Gasteiger partial charge on any atom is -0.263 e. The van der Waals surface area contributed by atoms with Crippen LogP contribution in [0, 0.1) is 11.8 Å². The van der Waals surface area contributed by atoms with Gasteiger partial charge in [0.05, 0.1) is 0 Å². The normalized spacial score (nSPS) is 35.4. The highest BCUT2D eigenvalue weighted by molar-refractivity contribution is 5.16. The number of hydrogen-bond donors (Lipinski definition) is 1. The minimum absolute atomic E-state index is 0.703. The number of aromatic nitrogens is 3. The Morgan fingerprint density at radius 2 is 2.00 bits per heavy atom. The SMILES string of the molecule is CCc1nc(C2C3CCCCC32)n[nH]1. The smallest absolute Gasteiger partial charge is 0.154 e. The van der Waals surface area contributed by atoms with Crippen LogP contribution in [0.1, 0.15) is 50.2 Å². The van der Waals surface area contributed by atoms with Gasteiger partial charge in [-0.15, -0.1) is 0 Å². The van der Waals surface area contributed by atoms with Gasteiger partial charge in [0.2, 0.25) is 0 Å². The molecule has 76 valence electrons. The number of nitrogens with zero attached hydrogens (tertiary/aromatic N) is 2. The van der Waals surface area contributed by atoms with E-state index in [-0.39, 0.29) is 0 Å². The maximum absolute atomic E-state index is 4.55. The largest absolute Gasteiger partial charge is 0.263 e. The molecule has 0 saturated heterocycles. The summed E-state index contributed by atoms with van der Waals surface area (Å²) in [5.41, 5.74) is 0. The summed E-state index contributed by atoms with van der Waals surface area (Å²) >= 11 is 0. The molecule has 3 heteroatoms. The van der Waals surface area contributed by atoms with Gasteiger partial charge in [0.15, 0.2) is 5.82 Å². The van der Waals surface area contributed by atoms with Crippen molar-refractivity contribution < 1.29 is 0 Å². The van der Waals surface area contributed by atoms with E-state index in [4.69, 9.17) is 0 Å². The average Bonchev–Trinajstić information content (AvgIpc) is 2.77. The van der Waals surface area contributed by atoms with Crippen molar-refractivity contribution in [1.29, 1.82) is 0 Å². The van der Waals surface area contributed by atoms with Crippen molar-refractivity contribution in [3.63, 3.8) is 0 Å². The molecule has 0 amide bonds. The summed E-state index contributed by atoms with van der Waals surface area (Å²) in [4.78, 5) is 4.55. The van der Waals surface area contributed by atoms with Crippen LogP contribution in [0.5, 0.6) is 0 Å². The molecule has 0 radical (unpaired) electrons. The third kappa shape index (κ3) is 1.18. The van der Waals surface area contributed by atoms with E-state index in [1.54, 1.807) is 0 Å². The summed E-state index contributed by atoms with van der Waals surface area (Å²) in [5, 5.41) is 7.36. The molecule has 0 spiro atoms. The third-order valence-corrected chi connectivity index (χ3v) is 3.84. The van der Waals surface area contributed by atoms with Crippen molar-refractivity contribution in [2.45, 2.75) is 44.9 Å². The topological polar surface area (TPSA) is 41.6 Å². The lowest BCUT2D eigenvalue weighted by Gasteiger charge is -2.04. The molecule has 2 atom stereocenters. The van der Waals surface area contributed by atoms with Gasteiger partial charge in [-0.05, 0) is 24.7 Å². The molecule has 1 heterocycles. The Balaban J connectivity index is 1.77. The predicted molar refractivity (Wildman–Crippen MR) is 53.9 cm³/mol. The molecule has 3 rings (SSSR count). The summed E-state index contributed by atoms with van der Waals surface area (Å²) in [5.74, 6) is 4.69. The Hall–Kier alpha value is -0.860. The molecular weight excluding hydrogens is 174 g/mol. The van der Waals surface area contributed by atoms with Crippen LogP contribution in [0.4, 0.5) is 0 Å². The maximum atomic E-state index is 4.55. The molecule has 1 N–H and O–H groups in total. The molecule has 0 aliphatic heterocycles. The molecule has 0 aromatic carbocycles. The molecule has 1 aromatic rings. The van der Waals surface area contributed by atoms with Crippen LogP contribution in [-0.2, 0) is 6.42 Å². The molecule has 2 aliphatic carbocycles. The van der Waals surface area contributed by atoms with Gasteiger partial charge in [-0.3, -0.25) is 5.10 Å². The lowest BCUT2D eigenvalue weighted by molar-refractivity contribution is 0.480. The Morgan fingerprint density at radius 3 is 2.57 bits per heavy atom. The fourth-order valence-electron chi connectivity index (χ4n) is 2.99. The Bertz CT molecular complexity index is 319. The van der Waals surface area contributed by atoms with Crippen LogP contribution in [0.15, 0.2) is 0 Å². The van der Waals surface area contributed by atoms with E-state index in [1.165, 1.54) is 25.7 Å². The number of rotatable bonds is 2. The van der Waals surface area contributed by atoms with Gasteiger partial charge in [-0.25, -0.2) is 4.98 Å². The van der Waals surface area contributed by atoms with Gasteiger partial charge >= 0.3 is 0 Å². The highest BCUT2D eigenvalue weighted by Gasteiger charge is 2.53. The van der Waals surface area contributed by atoms with Crippen molar-refractivity contribution in [3.8, 4) is 0 Å². The van der Waals surface area contributed by atoms with Gasteiger partial charge in [0.1, 0.15) is 5.82 Å². The molecular formula is C11H17N3. The molecule has 2 unspecified atom stereocenters. The average molecular weight is 191 g/mol. The van der Waals surface area contributed by atoms with E-state index < -0.39 is 0 Å². The molecule has 14 heavy (non-hydrogen) atoms. The lowest BCUT2D eigenvalue weighted by Crippen LogP contribution is -1.91. The van der Waals surface area contributed by atoms with Crippen molar-refractivity contribution in [2.75, 3.05) is 0 Å². The van der Waals surface area contributed by atoms with E-state index in [1.807, 2.05) is 0 Å². The van der Waals surface area contributed by atoms with E-state index in [0.29, 0.717) is 5.92 Å². The highest BCUT2D eigenvalue weighted by atomic mass is 15.2. The summed E-state index contributed by atoms with van der Waals surface area (Å²) in [6, 6.07) is 0. The van der Waals surface area contributed by atoms with Crippen molar-refractivity contribution in [3.05, 3.63) is 11.6 Å². The summed E-state index contributed by atoms with van der Waals surface area (Å²) in [6.07, 6.45) is 6.62. The lowest BCUT2D eigenvalue weighted by atomic mass is 10.0. The maximum Gasteiger partial charge on any atom is 0.154 e. The predicted octanol–water partition coefficient (Wildman–Crippen LogP) is 2.27. The Kier molecular flexibility index (Phi) is 1.85. The number of H-pyrrole nitrogens is 1. The van der Waals surface area contributed by atoms with Crippen LogP contribution in [0.2, 0.25) is 0 Å². The molecule has 3 nitrogen and oxygen atoms in total. The highest BCUT2D eigenvalue weighted by Crippen LogP contribution is 2.60. The second-order valence-electron chi connectivity index (χ2n) is 4.63. The molecule has 1 aromatic heterocycles. The fourth-order valence-corrected chi connectivity index (χ4v) is 2.99. The van der Waals surface area contributed by atoms with Crippen LogP contribution >= 0.6 is 0 Å². The zero-order chi connectivity index (χ0) is 9.54. The van der Waals surface area contributed by atoms with E-state index in [9.17, 15) is 0 Å². The first-order chi connectivity index (χ1) is 6.90. The van der Waals surface area contributed by atoms with Crippen LogP contribution in [0.25, 0.3) is 0 Å². The number of fused-ring (bicyclic) bond motifs is 1. The van der Waals surface area contributed by atoms with Crippen LogP contribution in [0.3, 0.4) is 0 Å². The van der Waals surface area contributed by atoms with Crippen molar-refractivity contribution in [2.24, 2.45) is 11.8 Å². The first-order valence-electron chi connectivity index (χ1n) is 5.81. The van der Waals surface area contributed by atoms with Gasteiger partial charge in [-0.1, -0.05) is 19.8 Å². The summed E-state index contributed by atoms with van der Waals surface area (Å²) < 4.78 is 0. The van der Waals surface area contributed by atoms with Crippen molar-refractivity contribution in [1.82, 2.24) is 15.2 Å². The van der Waals surface area contributed by atoms with Crippen LogP contribution in [-0.4, -0.2) is 15.2 Å². The van der Waals surface area contributed by atoms with Gasteiger partial charge in [-0.2, -0.15) is 5.10 Å². The second-order valence-corrected chi connectivity index (χ2v) is 4.63. The monoisotopic (exact) mass is 191 g/mol. The third-order valence-electron chi connectivity index (χ3n) is 3.84. The first-order valence-corrected chi connectivity index (χ1v) is 5.81. The molecule has 2 fully saturated rings. The molecule has 2 aliphatic rings. The standard InChI is InChI=1S/C11H17N3/c1-2-9-12-11(14-13-9)10-7-5-3-4-6-8(7)10/h7-8,10H,2-6H2,1H3,(H,12,13,14). The number of nitrogens with one attached hydrogen (secondary N) is 1. The van der Waals surface area contributed by atoms with E-state index >= 15 is 0 Å². The Morgan fingerprint density at radius 1 is 1.29 bits per heavy atom. The van der Waals surface area contributed by atoms with Gasteiger partial charge in [0, 0.05) is 12.3 Å².